The standard InChI is InChI=1S/C27H32ClN3O4/c1-16(2)35-27(33)31-20-4-5-21(31)10-18(9-20)8-17-6-7-30-14-24(29-26(30)11-17)22-13-23(28)25(34-3)12-19(22)15-32/h6-7,11-14,16,18,20-21,32H,4-5,8-10,15H2,1-3H3/t18?,20-,21+. The van der Waals surface area contributed by atoms with Crippen LogP contribution in [0, 0.1) is 5.92 Å². The maximum atomic E-state index is 12.6. The van der Waals surface area contributed by atoms with Gasteiger partial charge in [-0.15, -0.1) is 0 Å². The molecule has 1 N–H and O–H groups in total. The number of carbonyl (C=O) groups is 1. The van der Waals surface area contributed by atoms with E-state index in [1.807, 2.05) is 35.5 Å². The zero-order valence-electron chi connectivity index (χ0n) is 20.4. The van der Waals surface area contributed by atoms with Gasteiger partial charge in [0.15, 0.2) is 0 Å². The summed E-state index contributed by atoms with van der Waals surface area (Å²) in [5.41, 5.74) is 4.36. The van der Waals surface area contributed by atoms with Crippen molar-refractivity contribution >= 4 is 23.3 Å². The minimum Gasteiger partial charge on any atom is -0.495 e. The number of rotatable bonds is 6. The molecule has 4 heterocycles. The molecule has 2 aliphatic rings. The molecule has 0 saturated carbocycles. The molecular weight excluding hydrogens is 466 g/mol. The van der Waals surface area contributed by atoms with Crippen molar-refractivity contribution in [3.63, 3.8) is 0 Å². The molecule has 186 valence electrons. The van der Waals surface area contributed by atoms with Gasteiger partial charge in [0.25, 0.3) is 0 Å². The number of pyridine rings is 1. The Morgan fingerprint density at radius 3 is 2.63 bits per heavy atom. The number of methoxy groups -OCH3 is 1. The highest BCUT2D eigenvalue weighted by Crippen LogP contribution is 2.40. The van der Waals surface area contributed by atoms with Crippen molar-refractivity contribution in [2.75, 3.05) is 7.11 Å². The molecule has 0 spiro atoms. The minimum atomic E-state index is -0.154. The van der Waals surface area contributed by atoms with Gasteiger partial charge in [0, 0.05) is 30.0 Å². The number of ether oxygens (including phenoxy) is 2. The number of hydrogen-bond acceptors (Lipinski definition) is 5. The van der Waals surface area contributed by atoms with Gasteiger partial charge in [0.1, 0.15) is 11.4 Å². The number of aliphatic hydroxyl groups is 1. The van der Waals surface area contributed by atoms with E-state index in [1.54, 1.807) is 19.2 Å². The lowest BCUT2D eigenvalue weighted by Gasteiger charge is -2.38. The molecule has 0 radical (unpaired) electrons. The van der Waals surface area contributed by atoms with Crippen LogP contribution in [0.15, 0.2) is 36.7 Å². The fraction of sp³-hybridized carbons (Fsp3) is 0.481. The first kappa shape index (κ1) is 23.9. The Kier molecular flexibility index (Phi) is 6.64. The first-order valence-electron chi connectivity index (χ1n) is 12.3. The molecule has 3 atom stereocenters. The van der Waals surface area contributed by atoms with Gasteiger partial charge in [0.2, 0.25) is 0 Å². The fourth-order valence-electron chi connectivity index (χ4n) is 5.75. The number of carbonyl (C=O) groups excluding carboxylic acids is 1. The second-order valence-corrected chi connectivity index (χ2v) is 10.4. The molecule has 1 aromatic carbocycles. The van der Waals surface area contributed by atoms with Crippen LogP contribution >= 0.6 is 11.6 Å². The van der Waals surface area contributed by atoms with Crippen LogP contribution in [-0.2, 0) is 17.8 Å². The van der Waals surface area contributed by atoms with Gasteiger partial charge in [-0.25, -0.2) is 9.78 Å². The Balaban J connectivity index is 1.33. The van der Waals surface area contributed by atoms with Crippen molar-refractivity contribution in [3.8, 4) is 17.0 Å². The Hall–Kier alpha value is -2.77. The normalized spacial score (nSPS) is 21.7. The van der Waals surface area contributed by atoms with E-state index >= 15 is 0 Å². The van der Waals surface area contributed by atoms with E-state index in [4.69, 9.17) is 26.1 Å². The van der Waals surface area contributed by atoms with Gasteiger partial charge < -0.3 is 23.9 Å². The van der Waals surface area contributed by atoms with Gasteiger partial charge in [-0.2, -0.15) is 0 Å². The number of benzene rings is 1. The molecular formula is C27H32ClN3O4. The third-order valence-electron chi connectivity index (χ3n) is 7.25. The van der Waals surface area contributed by atoms with E-state index < -0.39 is 0 Å². The lowest BCUT2D eigenvalue weighted by atomic mass is 9.86. The predicted molar refractivity (Wildman–Crippen MR) is 135 cm³/mol. The Morgan fingerprint density at radius 1 is 1.23 bits per heavy atom. The first-order chi connectivity index (χ1) is 16.9. The molecule has 3 aromatic rings. The number of piperidine rings is 1. The summed E-state index contributed by atoms with van der Waals surface area (Å²) in [5.74, 6) is 1.07. The number of fused-ring (bicyclic) bond motifs is 3. The average molecular weight is 498 g/mol. The molecule has 2 bridgehead atoms. The number of hydrogen-bond donors (Lipinski definition) is 1. The maximum absolute atomic E-state index is 12.6. The number of nitrogens with zero attached hydrogens (tertiary/aromatic N) is 3. The van der Waals surface area contributed by atoms with Crippen LogP contribution in [-0.4, -0.2) is 50.8 Å². The van der Waals surface area contributed by atoms with E-state index in [-0.39, 0.29) is 30.9 Å². The van der Waals surface area contributed by atoms with Crippen molar-refractivity contribution in [2.45, 2.75) is 70.7 Å². The smallest absolute Gasteiger partial charge is 0.410 e. The summed E-state index contributed by atoms with van der Waals surface area (Å²) >= 11 is 6.35. The van der Waals surface area contributed by atoms with Crippen molar-refractivity contribution in [2.24, 2.45) is 5.92 Å². The van der Waals surface area contributed by atoms with E-state index in [0.717, 1.165) is 49.0 Å². The maximum Gasteiger partial charge on any atom is 0.410 e. The van der Waals surface area contributed by atoms with Crippen LogP contribution in [0.2, 0.25) is 5.02 Å². The van der Waals surface area contributed by atoms with Crippen molar-refractivity contribution in [3.05, 3.63) is 52.8 Å². The zero-order chi connectivity index (χ0) is 24.7. The Morgan fingerprint density at radius 2 is 1.97 bits per heavy atom. The molecule has 0 aliphatic carbocycles. The third kappa shape index (κ3) is 4.71. The quantitative estimate of drug-likeness (QED) is 0.487. The molecule has 2 aromatic heterocycles. The summed E-state index contributed by atoms with van der Waals surface area (Å²) in [6.07, 6.45) is 8.87. The summed E-state index contributed by atoms with van der Waals surface area (Å²) < 4.78 is 12.8. The van der Waals surface area contributed by atoms with Crippen LogP contribution in [0.4, 0.5) is 4.79 Å². The average Bonchev–Trinajstić information content (AvgIpc) is 3.36. The molecule has 1 amide bonds. The topological polar surface area (TPSA) is 76.3 Å². The number of imidazole rings is 1. The van der Waals surface area contributed by atoms with Crippen molar-refractivity contribution < 1.29 is 19.4 Å². The van der Waals surface area contributed by atoms with Crippen LogP contribution in [0.3, 0.4) is 0 Å². The van der Waals surface area contributed by atoms with E-state index in [1.165, 1.54) is 5.56 Å². The summed E-state index contributed by atoms with van der Waals surface area (Å²) in [6.45, 7) is 3.67. The molecule has 8 heteroatoms. The minimum absolute atomic E-state index is 0.0896. The highest BCUT2D eigenvalue weighted by Gasteiger charge is 2.44. The molecule has 2 aliphatic heterocycles. The Bertz CT molecular complexity index is 1230. The number of aliphatic hydroxyl groups excluding tert-OH is 1. The van der Waals surface area contributed by atoms with Crippen LogP contribution in [0.1, 0.15) is 50.7 Å². The lowest BCUT2D eigenvalue weighted by Crippen LogP contribution is -2.47. The monoisotopic (exact) mass is 497 g/mol. The van der Waals surface area contributed by atoms with Crippen LogP contribution in [0.25, 0.3) is 16.9 Å². The largest absolute Gasteiger partial charge is 0.495 e. The van der Waals surface area contributed by atoms with E-state index in [9.17, 15) is 9.90 Å². The fourth-order valence-corrected chi connectivity index (χ4v) is 5.99. The molecule has 1 unspecified atom stereocenters. The van der Waals surface area contributed by atoms with E-state index in [0.29, 0.717) is 22.3 Å². The summed E-state index contributed by atoms with van der Waals surface area (Å²) in [5, 5.41) is 10.4. The third-order valence-corrected chi connectivity index (χ3v) is 7.55. The van der Waals surface area contributed by atoms with Gasteiger partial charge in [-0.3, -0.25) is 0 Å². The van der Waals surface area contributed by atoms with Gasteiger partial charge in [-0.1, -0.05) is 11.6 Å². The van der Waals surface area contributed by atoms with Gasteiger partial charge in [0.05, 0.1) is 30.5 Å². The SMILES string of the molecule is COc1cc(CO)c(-c2cn3ccc(CC4C[C@H]5CC[C@@H](C4)N5C(=O)OC(C)C)cc3n2)cc1Cl. The van der Waals surface area contributed by atoms with Crippen LogP contribution < -0.4 is 4.74 Å². The second-order valence-electron chi connectivity index (χ2n) is 9.99. The molecule has 7 nitrogen and oxygen atoms in total. The molecule has 2 fully saturated rings. The van der Waals surface area contributed by atoms with Gasteiger partial charge in [-0.05, 0) is 87.3 Å². The van der Waals surface area contributed by atoms with Crippen molar-refractivity contribution in [1.82, 2.24) is 14.3 Å². The molecule has 5 rings (SSSR count). The predicted octanol–water partition coefficient (Wildman–Crippen LogP) is 5.49. The molecule has 35 heavy (non-hydrogen) atoms. The first-order valence-corrected chi connectivity index (χ1v) is 12.7. The van der Waals surface area contributed by atoms with E-state index in [2.05, 4.69) is 12.1 Å². The van der Waals surface area contributed by atoms with Crippen molar-refractivity contribution in [1.29, 1.82) is 0 Å². The second kappa shape index (κ2) is 9.70. The summed E-state index contributed by atoms with van der Waals surface area (Å²) in [7, 11) is 1.56. The number of halogens is 1. The lowest BCUT2D eigenvalue weighted by molar-refractivity contribution is 0.0402. The number of aromatic nitrogens is 2. The zero-order valence-corrected chi connectivity index (χ0v) is 21.2. The van der Waals surface area contributed by atoms with Crippen LogP contribution in [0.5, 0.6) is 5.75 Å². The molecule has 2 saturated heterocycles. The highest BCUT2D eigenvalue weighted by molar-refractivity contribution is 6.32. The van der Waals surface area contributed by atoms with Gasteiger partial charge >= 0.3 is 6.09 Å². The Labute approximate surface area is 210 Å². The number of amides is 1. The highest BCUT2D eigenvalue weighted by atomic mass is 35.5. The summed E-state index contributed by atoms with van der Waals surface area (Å²) in [6, 6.07) is 8.39. The summed E-state index contributed by atoms with van der Waals surface area (Å²) in [4.78, 5) is 19.4.